The first-order valence-corrected chi connectivity index (χ1v) is 10.7. The summed E-state index contributed by atoms with van der Waals surface area (Å²) in [5.74, 6) is -1.38. The van der Waals surface area contributed by atoms with Gasteiger partial charge in [-0.3, -0.25) is 14.8 Å². The molecule has 0 spiro atoms. The monoisotopic (exact) mass is 467 g/mol. The molecule has 0 saturated heterocycles. The maximum atomic E-state index is 15.0. The minimum Gasteiger partial charge on any atom is -0.355 e. The SMILES string of the molecule is O=C(Nc1cccc(Nc2ccncc2)c1F)c1ccc(Nc2ccnc3ccc(F)cc23)cc1. The second kappa shape index (κ2) is 9.56. The highest BCUT2D eigenvalue weighted by Gasteiger charge is 2.13. The Kier molecular flexibility index (Phi) is 6.00. The van der Waals surface area contributed by atoms with Crippen molar-refractivity contribution in [3.63, 3.8) is 0 Å². The smallest absolute Gasteiger partial charge is 0.255 e. The Morgan fingerprint density at radius 3 is 2.23 bits per heavy atom. The van der Waals surface area contributed by atoms with Crippen LogP contribution in [0.5, 0.6) is 0 Å². The summed E-state index contributed by atoms with van der Waals surface area (Å²) in [4.78, 5) is 20.9. The minimum absolute atomic E-state index is 0.0570. The topological polar surface area (TPSA) is 78.9 Å². The molecular formula is C27H19F2N5O. The highest BCUT2D eigenvalue weighted by molar-refractivity contribution is 6.05. The van der Waals surface area contributed by atoms with Crippen LogP contribution in [-0.4, -0.2) is 15.9 Å². The molecule has 0 aliphatic carbocycles. The normalized spacial score (nSPS) is 10.7. The number of hydrogen-bond donors (Lipinski definition) is 3. The van der Waals surface area contributed by atoms with Gasteiger partial charge in [-0.25, -0.2) is 8.78 Å². The number of fused-ring (bicyclic) bond motifs is 1. The fraction of sp³-hybridized carbons (Fsp3) is 0. The molecule has 2 heterocycles. The average molecular weight is 467 g/mol. The summed E-state index contributed by atoms with van der Waals surface area (Å²) in [6, 6.07) is 21.0. The summed E-state index contributed by atoms with van der Waals surface area (Å²) in [6.07, 6.45) is 4.83. The molecule has 0 bridgehead atoms. The molecule has 3 aromatic carbocycles. The van der Waals surface area contributed by atoms with E-state index in [4.69, 9.17) is 0 Å². The van der Waals surface area contributed by atoms with E-state index >= 15 is 0 Å². The second-order valence-corrected chi connectivity index (χ2v) is 7.70. The molecule has 0 unspecified atom stereocenters. The zero-order valence-corrected chi connectivity index (χ0v) is 18.3. The van der Waals surface area contributed by atoms with Gasteiger partial charge in [-0.1, -0.05) is 6.07 Å². The average Bonchev–Trinajstić information content (AvgIpc) is 2.88. The Balaban J connectivity index is 1.30. The van der Waals surface area contributed by atoms with Gasteiger partial charge in [0.2, 0.25) is 0 Å². The van der Waals surface area contributed by atoms with Gasteiger partial charge < -0.3 is 16.0 Å². The molecule has 0 radical (unpaired) electrons. The number of carbonyl (C=O) groups is 1. The molecule has 1 amide bonds. The van der Waals surface area contributed by atoms with Crippen molar-refractivity contribution in [1.29, 1.82) is 0 Å². The number of nitrogens with zero attached hydrogens (tertiary/aromatic N) is 2. The molecule has 0 aliphatic rings. The van der Waals surface area contributed by atoms with Crippen molar-refractivity contribution < 1.29 is 13.6 Å². The van der Waals surface area contributed by atoms with Gasteiger partial charge in [0.25, 0.3) is 5.91 Å². The number of aromatic nitrogens is 2. The van der Waals surface area contributed by atoms with E-state index in [0.29, 0.717) is 33.5 Å². The van der Waals surface area contributed by atoms with Crippen LogP contribution in [0.25, 0.3) is 10.9 Å². The van der Waals surface area contributed by atoms with Gasteiger partial charge in [-0.15, -0.1) is 0 Å². The van der Waals surface area contributed by atoms with Crippen LogP contribution >= 0.6 is 0 Å². The number of carbonyl (C=O) groups excluding carboxylic acids is 1. The molecule has 3 N–H and O–H groups in total. The fourth-order valence-corrected chi connectivity index (χ4v) is 3.60. The number of rotatable bonds is 6. The van der Waals surface area contributed by atoms with E-state index in [0.717, 1.165) is 0 Å². The zero-order valence-electron chi connectivity index (χ0n) is 18.3. The van der Waals surface area contributed by atoms with Crippen molar-refractivity contribution >= 4 is 45.2 Å². The number of hydrogen-bond acceptors (Lipinski definition) is 5. The molecule has 0 aliphatic heterocycles. The summed E-state index contributed by atoms with van der Waals surface area (Å²) in [7, 11) is 0. The standard InChI is InChI=1S/C27H19F2N5O/c28-18-6-9-22-21(16-18)23(12-15-31-22)32-19-7-4-17(5-8-19)27(35)34-25-3-1-2-24(26(25)29)33-20-10-13-30-14-11-20/h1-16H,(H,30,33)(H,31,32)(H,34,35). The van der Waals surface area contributed by atoms with Gasteiger partial charge in [0.15, 0.2) is 5.82 Å². The van der Waals surface area contributed by atoms with Crippen molar-refractivity contribution in [2.75, 3.05) is 16.0 Å². The molecule has 0 saturated carbocycles. The maximum Gasteiger partial charge on any atom is 0.255 e. The molecule has 0 atom stereocenters. The Morgan fingerprint density at radius 2 is 1.43 bits per heavy atom. The fourth-order valence-electron chi connectivity index (χ4n) is 3.60. The molecule has 172 valence electrons. The molecule has 35 heavy (non-hydrogen) atoms. The molecular weight excluding hydrogens is 448 g/mol. The van der Waals surface area contributed by atoms with E-state index in [-0.39, 0.29) is 17.2 Å². The van der Waals surface area contributed by atoms with Crippen molar-refractivity contribution in [2.45, 2.75) is 0 Å². The van der Waals surface area contributed by atoms with Crippen LogP contribution in [0.3, 0.4) is 0 Å². The van der Waals surface area contributed by atoms with E-state index in [2.05, 4.69) is 25.9 Å². The quantitative estimate of drug-likeness (QED) is 0.261. The summed E-state index contributed by atoms with van der Waals surface area (Å²) < 4.78 is 28.7. The van der Waals surface area contributed by atoms with E-state index in [1.54, 1.807) is 79.3 Å². The van der Waals surface area contributed by atoms with Crippen LogP contribution in [0, 0.1) is 11.6 Å². The van der Waals surface area contributed by atoms with Crippen LogP contribution in [0.2, 0.25) is 0 Å². The Labute approximate surface area is 199 Å². The lowest BCUT2D eigenvalue weighted by atomic mass is 10.1. The summed E-state index contributed by atoms with van der Waals surface area (Å²) >= 11 is 0. The number of halogens is 2. The lowest BCUT2D eigenvalue weighted by Crippen LogP contribution is -2.13. The van der Waals surface area contributed by atoms with Gasteiger partial charge >= 0.3 is 0 Å². The molecule has 6 nitrogen and oxygen atoms in total. The van der Waals surface area contributed by atoms with Crippen LogP contribution in [0.4, 0.5) is 37.2 Å². The van der Waals surface area contributed by atoms with Crippen molar-refractivity contribution in [2.24, 2.45) is 0 Å². The number of amides is 1. The Hall–Kier alpha value is -4.85. The summed E-state index contributed by atoms with van der Waals surface area (Å²) in [5, 5.41) is 9.45. The number of pyridine rings is 2. The number of benzene rings is 3. The van der Waals surface area contributed by atoms with E-state index in [1.165, 1.54) is 18.2 Å². The van der Waals surface area contributed by atoms with Crippen LogP contribution in [0.15, 0.2) is 97.5 Å². The molecule has 2 aromatic heterocycles. The van der Waals surface area contributed by atoms with E-state index in [9.17, 15) is 13.6 Å². The number of nitrogens with one attached hydrogen (secondary N) is 3. The molecule has 5 rings (SSSR count). The van der Waals surface area contributed by atoms with E-state index < -0.39 is 11.7 Å². The third kappa shape index (κ3) is 4.91. The Morgan fingerprint density at radius 1 is 0.714 bits per heavy atom. The molecule has 0 fully saturated rings. The van der Waals surface area contributed by atoms with Gasteiger partial charge in [0, 0.05) is 46.6 Å². The lowest BCUT2D eigenvalue weighted by Gasteiger charge is -2.12. The highest BCUT2D eigenvalue weighted by Crippen LogP contribution is 2.27. The third-order valence-corrected chi connectivity index (χ3v) is 5.34. The highest BCUT2D eigenvalue weighted by atomic mass is 19.1. The largest absolute Gasteiger partial charge is 0.355 e. The van der Waals surface area contributed by atoms with Crippen LogP contribution in [-0.2, 0) is 0 Å². The predicted octanol–water partition coefficient (Wildman–Crippen LogP) is 6.65. The third-order valence-electron chi connectivity index (χ3n) is 5.34. The molecule has 5 aromatic rings. The number of anilines is 5. The summed E-state index contributed by atoms with van der Waals surface area (Å²) in [5.41, 5.74) is 3.37. The van der Waals surface area contributed by atoms with Crippen molar-refractivity contribution in [1.82, 2.24) is 9.97 Å². The van der Waals surface area contributed by atoms with Crippen molar-refractivity contribution in [3.8, 4) is 0 Å². The van der Waals surface area contributed by atoms with Gasteiger partial charge in [-0.05, 0) is 72.8 Å². The predicted molar refractivity (Wildman–Crippen MR) is 133 cm³/mol. The van der Waals surface area contributed by atoms with Gasteiger partial charge in [0.05, 0.1) is 16.9 Å². The minimum atomic E-state index is -0.576. The lowest BCUT2D eigenvalue weighted by molar-refractivity contribution is 0.102. The summed E-state index contributed by atoms with van der Waals surface area (Å²) in [6.45, 7) is 0. The van der Waals surface area contributed by atoms with E-state index in [1.807, 2.05) is 0 Å². The van der Waals surface area contributed by atoms with Gasteiger partial charge in [0.1, 0.15) is 5.82 Å². The first-order chi connectivity index (χ1) is 17.1. The first kappa shape index (κ1) is 22.0. The van der Waals surface area contributed by atoms with Crippen LogP contribution in [0.1, 0.15) is 10.4 Å². The maximum absolute atomic E-state index is 15.0. The van der Waals surface area contributed by atoms with Crippen molar-refractivity contribution in [3.05, 3.63) is 115 Å². The molecule has 8 heteroatoms. The first-order valence-electron chi connectivity index (χ1n) is 10.7. The Bertz CT molecular complexity index is 1510. The van der Waals surface area contributed by atoms with Crippen LogP contribution < -0.4 is 16.0 Å². The zero-order chi connectivity index (χ0) is 24.2. The second-order valence-electron chi connectivity index (χ2n) is 7.70. The van der Waals surface area contributed by atoms with Gasteiger partial charge in [-0.2, -0.15) is 0 Å².